The van der Waals surface area contributed by atoms with Crippen molar-refractivity contribution in [3.05, 3.63) is 57.5 Å². The molecule has 6 nitrogen and oxygen atoms in total. The summed E-state index contributed by atoms with van der Waals surface area (Å²) in [6, 6.07) is 7.25. The van der Waals surface area contributed by atoms with Crippen LogP contribution in [0.4, 0.5) is 13.2 Å². The molecule has 3 rings (SSSR count). The molecule has 1 N–H and O–H groups in total. The zero-order valence-corrected chi connectivity index (χ0v) is 16.6. The summed E-state index contributed by atoms with van der Waals surface area (Å²) < 4.78 is 44.4. The summed E-state index contributed by atoms with van der Waals surface area (Å²) in [7, 11) is 0. The fraction of sp³-hybridized carbons (Fsp3) is 0.278. The minimum atomic E-state index is -4.48. The molecule has 3 aromatic rings. The van der Waals surface area contributed by atoms with Gasteiger partial charge in [-0.3, -0.25) is 9.48 Å². The highest BCUT2D eigenvalue weighted by molar-refractivity contribution is 6.36. The molecule has 0 atom stereocenters. The van der Waals surface area contributed by atoms with Gasteiger partial charge in [0.05, 0.1) is 5.02 Å². The van der Waals surface area contributed by atoms with E-state index in [1.807, 2.05) is 0 Å². The number of nitrogens with zero attached hydrogens (tertiary/aromatic N) is 3. The average molecular weight is 447 g/mol. The van der Waals surface area contributed by atoms with E-state index in [1.54, 1.807) is 25.1 Å². The topological polar surface area (TPSA) is 73.0 Å². The number of halogens is 5. The van der Waals surface area contributed by atoms with Gasteiger partial charge in [0.2, 0.25) is 0 Å². The van der Waals surface area contributed by atoms with Crippen LogP contribution in [0.3, 0.4) is 0 Å². The first kappa shape index (κ1) is 21.2. The lowest BCUT2D eigenvalue weighted by Crippen LogP contribution is -2.25. The van der Waals surface area contributed by atoms with Crippen molar-refractivity contribution in [3.63, 3.8) is 0 Å². The summed E-state index contributed by atoms with van der Waals surface area (Å²) in [6.45, 7) is 2.00. The van der Waals surface area contributed by atoms with Gasteiger partial charge in [0.25, 0.3) is 5.91 Å². The normalized spacial score (nSPS) is 11.7. The molecule has 0 aliphatic carbocycles. The van der Waals surface area contributed by atoms with E-state index in [-0.39, 0.29) is 18.8 Å². The molecule has 0 radical (unpaired) electrons. The van der Waals surface area contributed by atoms with Crippen LogP contribution in [0.2, 0.25) is 10.0 Å². The van der Waals surface area contributed by atoms with Crippen LogP contribution in [-0.4, -0.2) is 27.4 Å². The molecule has 29 heavy (non-hydrogen) atoms. The van der Waals surface area contributed by atoms with Crippen LogP contribution in [0, 0.1) is 6.92 Å². The largest absolute Gasteiger partial charge is 0.435 e. The van der Waals surface area contributed by atoms with Crippen LogP contribution < -0.4 is 5.32 Å². The van der Waals surface area contributed by atoms with Crippen LogP contribution in [0.1, 0.15) is 28.3 Å². The molecule has 0 saturated carbocycles. The SMILES string of the molecule is Cc1cc(C(F)(F)F)nn1CCCNC(=O)c1cc(-c2ccc(Cl)cc2Cl)on1. The van der Waals surface area contributed by atoms with Gasteiger partial charge in [0.15, 0.2) is 17.1 Å². The second kappa shape index (κ2) is 8.46. The zero-order chi connectivity index (χ0) is 21.2. The Kier molecular flexibility index (Phi) is 6.18. The van der Waals surface area contributed by atoms with E-state index in [9.17, 15) is 18.0 Å². The van der Waals surface area contributed by atoms with Crippen LogP contribution in [-0.2, 0) is 12.7 Å². The number of aryl methyl sites for hydroxylation is 2. The fourth-order valence-corrected chi connectivity index (χ4v) is 3.10. The van der Waals surface area contributed by atoms with Gasteiger partial charge in [-0.05, 0) is 37.6 Å². The molecule has 0 aliphatic heterocycles. The standard InChI is InChI=1S/C18H15Cl2F3N4O2/c1-10-7-16(18(21,22)23)25-27(10)6-2-5-24-17(28)14-9-15(29-26-14)12-4-3-11(19)8-13(12)20/h3-4,7-9H,2,5-6H2,1H3,(H,24,28). The molecule has 2 aromatic heterocycles. The Morgan fingerprint density at radius 1 is 1.24 bits per heavy atom. The maximum absolute atomic E-state index is 12.7. The Bertz CT molecular complexity index is 1030. The number of hydrogen-bond donors (Lipinski definition) is 1. The number of nitrogens with one attached hydrogen (secondary N) is 1. The van der Waals surface area contributed by atoms with Gasteiger partial charge in [-0.2, -0.15) is 18.3 Å². The van der Waals surface area contributed by atoms with Crippen molar-refractivity contribution in [1.29, 1.82) is 0 Å². The molecule has 0 saturated heterocycles. The lowest BCUT2D eigenvalue weighted by Gasteiger charge is -2.05. The second-order valence-corrected chi connectivity index (χ2v) is 7.05. The van der Waals surface area contributed by atoms with Gasteiger partial charge in [0, 0.05) is 35.4 Å². The van der Waals surface area contributed by atoms with E-state index in [0.717, 1.165) is 6.07 Å². The Hall–Kier alpha value is -2.52. The highest BCUT2D eigenvalue weighted by Gasteiger charge is 2.34. The van der Waals surface area contributed by atoms with Crippen molar-refractivity contribution in [3.8, 4) is 11.3 Å². The smallest absolute Gasteiger partial charge is 0.355 e. The van der Waals surface area contributed by atoms with E-state index in [4.69, 9.17) is 27.7 Å². The maximum Gasteiger partial charge on any atom is 0.435 e. The first-order valence-corrected chi connectivity index (χ1v) is 9.22. The minimum absolute atomic E-state index is 0.0562. The van der Waals surface area contributed by atoms with Crippen molar-refractivity contribution in [1.82, 2.24) is 20.3 Å². The summed E-state index contributed by atoms with van der Waals surface area (Å²) >= 11 is 12.0. The Labute approximate surface area is 173 Å². The van der Waals surface area contributed by atoms with Crippen LogP contribution in [0.5, 0.6) is 0 Å². The molecule has 0 unspecified atom stereocenters. The number of carbonyl (C=O) groups is 1. The monoisotopic (exact) mass is 446 g/mol. The highest BCUT2D eigenvalue weighted by atomic mass is 35.5. The molecule has 154 valence electrons. The van der Waals surface area contributed by atoms with Crippen molar-refractivity contribution < 1.29 is 22.5 Å². The lowest BCUT2D eigenvalue weighted by atomic mass is 10.1. The van der Waals surface area contributed by atoms with Crippen LogP contribution in [0.15, 0.2) is 34.9 Å². The Morgan fingerprint density at radius 3 is 2.66 bits per heavy atom. The predicted octanol–water partition coefficient (Wildman–Crippen LogP) is 4.99. The predicted molar refractivity (Wildman–Crippen MR) is 101 cm³/mol. The molecule has 0 bridgehead atoms. The van der Waals surface area contributed by atoms with Crippen LogP contribution in [0.25, 0.3) is 11.3 Å². The molecule has 1 aromatic carbocycles. The number of alkyl halides is 3. The molecular formula is C18H15Cl2F3N4O2. The molecular weight excluding hydrogens is 432 g/mol. The van der Waals surface area contributed by atoms with E-state index in [0.29, 0.717) is 33.5 Å². The third-order valence-electron chi connectivity index (χ3n) is 4.04. The van der Waals surface area contributed by atoms with E-state index in [2.05, 4.69) is 15.6 Å². The molecule has 0 fully saturated rings. The molecule has 11 heteroatoms. The first-order valence-electron chi connectivity index (χ1n) is 8.47. The zero-order valence-electron chi connectivity index (χ0n) is 15.1. The summed E-state index contributed by atoms with van der Waals surface area (Å²) in [6.07, 6.45) is -4.10. The van der Waals surface area contributed by atoms with E-state index in [1.165, 1.54) is 10.7 Å². The average Bonchev–Trinajstić information content (AvgIpc) is 3.25. The second-order valence-electron chi connectivity index (χ2n) is 6.20. The summed E-state index contributed by atoms with van der Waals surface area (Å²) in [5.74, 6) is -0.165. The van der Waals surface area contributed by atoms with E-state index < -0.39 is 17.8 Å². The van der Waals surface area contributed by atoms with Crippen LogP contribution >= 0.6 is 23.2 Å². The first-order chi connectivity index (χ1) is 13.6. The molecule has 1 amide bonds. The maximum atomic E-state index is 12.7. The number of aromatic nitrogens is 3. The van der Waals surface area contributed by atoms with Gasteiger partial charge in [0.1, 0.15) is 0 Å². The summed E-state index contributed by atoms with van der Waals surface area (Å²) in [4.78, 5) is 12.2. The van der Waals surface area contributed by atoms with Crippen molar-refractivity contribution in [2.45, 2.75) is 26.1 Å². The van der Waals surface area contributed by atoms with Gasteiger partial charge < -0.3 is 9.84 Å². The number of benzene rings is 1. The van der Waals surface area contributed by atoms with Crippen molar-refractivity contribution in [2.75, 3.05) is 6.54 Å². The molecule has 0 spiro atoms. The van der Waals surface area contributed by atoms with Crippen molar-refractivity contribution in [2.24, 2.45) is 0 Å². The third-order valence-corrected chi connectivity index (χ3v) is 4.59. The fourth-order valence-electron chi connectivity index (χ4n) is 2.59. The summed E-state index contributed by atoms with van der Waals surface area (Å²) in [5.41, 5.74) is 0.0533. The minimum Gasteiger partial charge on any atom is -0.355 e. The van der Waals surface area contributed by atoms with Gasteiger partial charge in [-0.25, -0.2) is 0 Å². The van der Waals surface area contributed by atoms with Crippen molar-refractivity contribution >= 4 is 29.1 Å². The third kappa shape index (κ3) is 5.10. The number of amides is 1. The molecule has 2 heterocycles. The number of rotatable bonds is 6. The van der Waals surface area contributed by atoms with Gasteiger partial charge >= 0.3 is 6.18 Å². The Balaban J connectivity index is 1.54. The lowest BCUT2D eigenvalue weighted by molar-refractivity contribution is -0.141. The van der Waals surface area contributed by atoms with Gasteiger partial charge in [-0.1, -0.05) is 28.4 Å². The summed E-state index contributed by atoms with van der Waals surface area (Å²) in [5, 5.41) is 10.7. The number of hydrogen-bond acceptors (Lipinski definition) is 4. The Morgan fingerprint density at radius 2 is 2.00 bits per heavy atom. The molecule has 0 aliphatic rings. The quantitative estimate of drug-likeness (QED) is 0.541. The number of carbonyl (C=O) groups excluding carboxylic acids is 1. The highest BCUT2D eigenvalue weighted by Crippen LogP contribution is 2.31. The van der Waals surface area contributed by atoms with E-state index >= 15 is 0 Å². The van der Waals surface area contributed by atoms with Gasteiger partial charge in [-0.15, -0.1) is 0 Å².